The Kier molecular flexibility index (Phi) is 5.54. The maximum atomic E-state index is 13.7. The van der Waals surface area contributed by atoms with Gasteiger partial charge in [0.05, 0.1) is 5.69 Å². The summed E-state index contributed by atoms with van der Waals surface area (Å²) in [5.41, 5.74) is 3.08. The van der Waals surface area contributed by atoms with Gasteiger partial charge in [0.15, 0.2) is 12.1 Å². The number of nitrogens with zero attached hydrogens (tertiary/aromatic N) is 5. The molecule has 1 saturated carbocycles. The summed E-state index contributed by atoms with van der Waals surface area (Å²) in [6.45, 7) is 0.607. The lowest BCUT2D eigenvalue weighted by Crippen LogP contribution is -2.56. The quantitative estimate of drug-likeness (QED) is 0.491. The molecule has 4 atom stereocenters. The van der Waals surface area contributed by atoms with E-state index in [-0.39, 0.29) is 18.1 Å². The number of carbonyl (C=O) groups excluding carboxylic acids is 1. The van der Waals surface area contributed by atoms with Crippen molar-refractivity contribution >= 4 is 28.8 Å². The molecule has 1 saturated heterocycles. The highest BCUT2D eigenvalue weighted by atomic mass is 19.1. The average molecular weight is 512 g/mol. The van der Waals surface area contributed by atoms with Gasteiger partial charge in [-0.25, -0.2) is 9.67 Å². The summed E-state index contributed by atoms with van der Waals surface area (Å²) in [7, 11) is 1.87. The normalized spacial score (nSPS) is 25.7. The zero-order valence-corrected chi connectivity index (χ0v) is 21.2. The van der Waals surface area contributed by atoms with E-state index in [9.17, 15) is 9.18 Å². The molecule has 0 bridgehead atoms. The van der Waals surface area contributed by atoms with Crippen LogP contribution in [0.2, 0.25) is 0 Å². The third kappa shape index (κ3) is 3.80. The lowest BCUT2D eigenvalue weighted by molar-refractivity contribution is 0.0695. The van der Waals surface area contributed by atoms with Crippen molar-refractivity contribution < 1.29 is 9.18 Å². The number of hydrogen-bond donors (Lipinski definition) is 2. The third-order valence-corrected chi connectivity index (χ3v) is 8.19. The lowest BCUT2D eigenvalue weighted by atomic mass is 9.95. The Morgan fingerprint density at radius 2 is 2.00 bits per heavy atom. The van der Waals surface area contributed by atoms with Crippen LogP contribution >= 0.6 is 0 Å². The van der Waals surface area contributed by atoms with E-state index in [0.717, 1.165) is 42.2 Å². The summed E-state index contributed by atoms with van der Waals surface area (Å²) in [6, 6.07) is 15.5. The molecular formula is C29H30FN7O. The second-order valence-electron chi connectivity index (χ2n) is 10.5. The van der Waals surface area contributed by atoms with Crippen LogP contribution in [0.4, 0.5) is 21.7 Å². The first-order valence-electron chi connectivity index (χ1n) is 13.3. The lowest BCUT2D eigenvalue weighted by Gasteiger charge is -2.39. The Labute approximate surface area is 220 Å². The Morgan fingerprint density at radius 1 is 1.13 bits per heavy atom. The Balaban J connectivity index is 1.24. The largest absolute Gasteiger partial charge is 0.340 e. The van der Waals surface area contributed by atoms with Crippen LogP contribution in [-0.2, 0) is 6.54 Å². The van der Waals surface area contributed by atoms with E-state index < -0.39 is 5.95 Å². The molecule has 8 nitrogen and oxygen atoms in total. The number of carbonyl (C=O) groups is 1. The Morgan fingerprint density at radius 3 is 2.79 bits per heavy atom. The van der Waals surface area contributed by atoms with Crippen LogP contribution in [0.3, 0.4) is 0 Å². The van der Waals surface area contributed by atoms with Gasteiger partial charge in [-0.15, -0.1) is 0 Å². The van der Waals surface area contributed by atoms with Crippen LogP contribution in [0, 0.1) is 11.9 Å². The van der Waals surface area contributed by atoms with Crippen LogP contribution in [0.25, 0.3) is 5.57 Å². The molecule has 1 aromatic carbocycles. The zero-order valence-electron chi connectivity index (χ0n) is 21.2. The van der Waals surface area contributed by atoms with Crippen molar-refractivity contribution in [2.45, 2.75) is 50.6 Å². The van der Waals surface area contributed by atoms with Crippen molar-refractivity contribution in [3.05, 3.63) is 84.0 Å². The molecule has 4 heterocycles. The van der Waals surface area contributed by atoms with Gasteiger partial charge >= 0.3 is 0 Å². The number of rotatable bonds is 5. The van der Waals surface area contributed by atoms with Gasteiger partial charge in [-0.2, -0.15) is 9.49 Å². The molecule has 2 aliphatic heterocycles. The van der Waals surface area contributed by atoms with Gasteiger partial charge in [-0.05, 0) is 55.5 Å². The number of para-hydroxylation sites is 1. The van der Waals surface area contributed by atoms with E-state index in [0.29, 0.717) is 29.9 Å². The molecule has 2 aromatic heterocycles. The van der Waals surface area contributed by atoms with Gasteiger partial charge < -0.3 is 15.1 Å². The topological polar surface area (TPSA) is 78.3 Å². The van der Waals surface area contributed by atoms with E-state index >= 15 is 0 Å². The summed E-state index contributed by atoms with van der Waals surface area (Å²) >= 11 is 0. The SMILES string of the molecule is CN1C(=O)c2c(nn(CC3C=CC(c4cccc(F)n4)=CC3)c2Nc2ccccc2)N2C3CCCC3NC12. The smallest absolute Gasteiger partial charge is 0.263 e. The van der Waals surface area contributed by atoms with Crippen LogP contribution < -0.4 is 15.5 Å². The maximum absolute atomic E-state index is 13.7. The van der Waals surface area contributed by atoms with Gasteiger partial charge in [0, 0.05) is 37.3 Å². The van der Waals surface area contributed by atoms with Crippen LogP contribution in [-0.4, -0.2) is 51.0 Å². The number of aromatic nitrogens is 3. The molecule has 2 fully saturated rings. The van der Waals surface area contributed by atoms with Crippen molar-refractivity contribution in [3.63, 3.8) is 0 Å². The highest BCUT2D eigenvalue weighted by molar-refractivity contribution is 6.06. The van der Waals surface area contributed by atoms with E-state index in [1.54, 1.807) is 6.07 Å². The van der Waals surface area contributed by atoms with Gasteiger partial charge in [0.1, 0.15) is 11.4 Å². The predicted octanol–water partition coefficient (Wildman–Crippen LogP) is 4.52. The molecule has 4 unspecified atom stereocenters. The fourth-order valence-corrected chi connectivity index (χ4v) is 6.31. The molecule has 9 heteroatoms. The molecule has 38 heavy (non-hydrogen) atoms. The number of anilines is 3. The molecule has 194 valence electrons. The summed E-state index contributed by atoms with van der Waals surface area (Å²) < 4.78 is 15.6. The summed E-state index contributed by atoms with van der Waals surface area (Å²) in [4.78, 5) is 21.9. The van der Waals surface area contributed by atoms with Crippen molar-refractivity contribution in [2.24, 2.45) is 5.92 Å². The fraction of sp³-hybridized carbons (Fsp3) is 0.345. The Bertz CT molecular complexity index is 1450. The van der Waals surface area contributed by atoms with Gasteiger partial charge in [0.2, 0.25) is 5.95 Å². The third-order valence-electron chi connectivity index (χ3n) is 8.19. The predicted molar refractivity (Wildman–Crippen MR) is 144 cm³/mol. The number of hydrogen-bond acceptors (Lipinski definition) is 6. The molecule has 1 amide bonds. The minimum atomic E-state index is -0.480. The summed E-state index contributed by atoms with van der Waals surface area (Å²) in [5, 5.41) is 12.3. The van der Waals surface area contributed by atoms with Crippen molar-refractivity contribution in [2.75, 3.05) is 17.3 Å². The summed E-state index contributed by atoms with van der Waals surface area (Å²) in [6.07, 6.45) is 10.2. The number of halogens is 1. The minimum absolute atomic E-state index is 0.0306. The molecule has 4 aliphatic rings. The number of allylic oxidation sites excluding steroid dienone is 4. The standard InChI is InChI=1S/C29H30FN7O/c1-35-28(38)25-26(31-20-7-3-2-4-8-20)36(34-27(25)37-23-11-5-10-22(23)33-29(35)37)17-18-13-15-19(16-14-18)21-9-6-12-24(30)32-21/h2-4,6-9,12-13,15-16,18,22-23,29,31,33H,5,10-11,14,17H2,1H3. The van der Waals surface area contributed by atoms with Gasteiger partial charge in [-0.1, -0.05) is 42.5 Å². The number of fused-ring (bicyclic) bond motifs is 5. The highest BCUT2D eigenvalue weighted by Gasteiger charge is 2.52. The maximum Gasteiger partial charge on any atom is 0.263 e. The van der Waals surface area contributed by atoms with E-state index in [2.05, 4.69) is 32.7 Å². The molecule has 0 spiro atoms. The second kappa shape index (κ2) is 9.09. The molecular weight excluding hydrogens is 481 g/mol. The van der Waals surface area contributed by atoms with Gasteiger partial charge in [0.25, 0.3) is 5.91 Å². The molecule has 2 N–H and O–H groups in total. The number of nitrogens with one attached hydrogen (secondary N) is 2. The van der Waals surface area contributed by atoms with Crippen LogP contribution in [0.5, 0.6) is 0 Å². The van der Waals surface area contributed by atoms with Crippen LogP contribution in [0.15, 0.2) is 66.8 Å². The first-order valence-corrected chi connectivity index (χ1v) is 13.3. The minimum Gasteiger partial charge on any atom is -0.340 e. The van der Waals surface area contributed by atoms with E-state index in [1.165, 1.54) is 12.5 Å². The number of benzene rings is 1. The average Bonchev–Trinajstić information content (AvgIpc) is 3.62. The van der Waals surface area contributed by atoms with Gasteiger partial charge in [-0.3, -0.25) is 10.1 Å². The Hall–Kier alpha value is -3.98. The number of pyridine rings is 1. The van der Waals surface area contributed by atoms with E-state index in [1.807, 2.05) is 59.1 Å². The first kappa shape index (κ1) is 23.2. The zero-order chi connectivity index (χ0) is 25.8. The fourth-order valence-electron chi connectivity index (χ4n) is 6.31. The first-order chi connectivity index (χ1) is 18.6. The second-order valence-corrected chi connectivity index (χ2v) is 10.5. The van der Waals surface area contributed by atoms with E-state index in [4.69, 9.17) is 5.10 Å². The van der Waals surface area contributed by atoms with Crippen molar-refractivity contribution in [3.8, 4) is 0 Å². The molecule has 3 aromatic rings. The highest BCUT2D eigenvalue weighted by Crippen LogP contribution is 2.43. The molecule has 2 aliphatic carbocycles. The van der Waals surface area contributed by atoms with Crippen LogP contribution in [0.1, 0.15) is 41.7 Å². The van der Waals surface area contributed by atoms with Crippen molar-refractivity contribution in [1.82, 2.24) is 25.0 Å². The summed E-state index contributed by atoms with van der Waals surface area (Å²) in [5.74, 6) is 1.14. The van der Waals surface area contributed by atoms with Crippen molar-refractivity contribution in [1.29, 1.82) is 0 Å². The number of amides is 1. The monoisotopic (exact) mass is 511 g/mol. The molecule has 0 radical (unpaired) electrons. The molecule has 7 rings (SSSR count).